The van der Waals surface area contributed by atoms with Crippen molar-refractivity contribution in [3.8, 4) is 0 Å². The quantitative estimate of drug-likeness (QED) is 0.673. The summed E-state index contributed by atoms with van der Waals surface area (Å²) in [6.07, 6.45) is 1.70. The van der Waals surface area contributed by atoms with E-state index in [0.29, 0.717) is 12.4 Å². The van der Waals surface area contributed by atoms with Crippen LogP contribution < -0.4 is 0 Å². The van der Waals surface area contributed by atoms with E-state index in [9.17, 15) is 0 Å². The van der Waals surface area contributed by atoms with Crippen molar-refractivity contribution < 1.29 is 4.74 Å². The van der Waals surface area contributed by atoms with Gasteiger partial charge in [0.1, 0.15) is 5.69 Å². The SMILES string of the molecule is CCOC(=CCl)c1ccccn1. The molecule has 0 N–H and O–H groups in total. The van der Waals surface area contributed by atoms with Crippen molar-refractivity contribution in [3.63, 3.8) is 0 Å². The molecule has 0 aliphatic heterocycles. The monoisotopic (exact) mass is 183 g/mol. The lowest BCUT2D eigenvalue weighted by Gasteiger charge is -2.05. The van der Waals surface area contributed by atoms with Gasteiger partial charge >= 0.3 is 0 Å². The Morgan fingerprint density at radius 2 is 2.50 bits per heavy atom. The molecular weight excluding hydrogens is 174 g/mol. The molecule has 64 valence electrons. The van der Waals surface area contributed by atoms with Gasteiger partial charge in [-0.3, -0.25) is 4.98 Å². The van der Waals surface area contributed by atoms with Crippen LogP contribution in [0.2, 0.25) is 0 Å². The summed E-state index contributed by atoms with van der Waals surface area (Å²) in [5.74, 6) is 0.611. The fourth-order valence-electron chi connectivity index (χ4n) is 0.825. The maximum absolute atomic E-state index is 5.55. The van der Waals surface area contributed by atoms with Gasteiger partial charge in [0.25, 0.3) is 0 Å². The molecular formula is C9H10ClNO. The minimum atomic E-state index is 0.592. The van der Waals surface area contributed by atoms with Crippen LogP contribution in [0.3, 0.4) is 0 Å². The number of pyridine rings is 1. The van der Waals surface area contributed by atoms with E-state index in [1.54, 1.807) is 6.20 Å². The number of ether oxygens (including phenoxy) is 1. The zero-order chi connectivity index (χ0) is 8.81. The Bertz CT molecular complexity index is 258. The van der Waals surface area contributed by atoms with E-state index in [0.717, 1.165) is 5.69 Å². The van der Waals surface area contributed by atoms with Crippen LogP contribution in [-0.2, 0) is 4.74 Å². The summed E-state index contributed by atoms with van der Waals surface area (Å²) >= 11 is 5.55. The van der Waals surface area contributed by atoms with Crippen LogP contribution in [0, 0.1) is 0 Å². The predicted molar refractivity (Wildman–Crippen MR) is 49.7 cm³/mol. The van der Waals surface area contributed by atoms with Gasteiger partial charge in [-0.15, -0.1) is 0 Å². The molecule has 0 saturated heterocycles. The Kier molecular flexibility index (Phi) is 3.61. The van der Waals surface area contributed by atoms with E-state index in [1.807, 2.05) is 25.1 Å². The van der Waals surface area contributed by atoms with Gasteiger partial charge in [-0.25, -0.2) is 0 Å². The first-order valence-corrected chi connectivity index (χ1v) is 4.16. The van der Waals surface area contributed by atoms with E-state index in [2.05, 4.69) is 4.98 Å². The van der Waals surface area contributed by atoms with Gasteiger partial charge in [-0.05, 0) is 19.1 Å². The van der Waals surface area contributed by atoms with Crippen LogP contribution in [0.1, 0.15) is 12.6 Å². The summed E-state index contributed by atoms with van der Waals surface area (Å²) in [6, 6.07) is 5.59. The third-order valence-electron chi connectivity index (χ3n) is 1.32. The highest BCUT2D eigenvalue weighted by atomic mass is 35.5. The molecule has 0 unspecified atom stereocenters. The predicted octanol–water partition coefficient (Wildman–Crippen LogP) is 2.66. The molecule has 0 fully saturated rings. The van der Waals surface area contributed by atoms with E-state index in [-0.39, 0.29) is 0 Å². The molecule has 12 heavy (non-hydrogen) atoms. The Morgan fingerprint density at radius 1 is 1.67 bits per heavy atom. The summed E-state index contributed by atoms with van der Waals surface area (Å²) in [4.78, 5) is 4.09. The van der Waals surface area contributed by atoms with Crippen molar-refractivity contribution in [1.82, 2.24) is 4.98 Å². The van der Waals surface area contributed by atoms with Gasteiger partial charge in [0.2, 0.25) is 0 Å². The average molecular weight is 184 g/mol. The maximum atomic E-state index is 5.55. The molecule has 0 aliphatic carbocycles. The van der Waals surface area contributed by atoms with E-state index < -0.39 is 0 Å². The number of hydrogen-bond acceptors (Lipinski definition) is 2. The smallest absolute Gasteiger partial charge is 0.156 e. The van der Waals surface area contributed by atoms with Crippen molar-refractivity contribution >= 4 is 17.4 Å². The highest BCUT2D eigenvalue weighted by Crippen LogP contribution is 2.13. The van der Waals surface area contributed by atoms with Gasteiger partial charge in [0.15, 0.2) is 5.76 Å². The highest BCUT2D eigenvalue weighted by Gasteiger charge is 2.00. The first kappa shape index (κ1) is 9.07. The van der Waals surface area contributed by atoms with Gasteiger partial charge in [-0.1, -0.05) is 17.7 Å². The molecule has 0 amide bonds. The molecule has 3 heteroatoms. The third-order valence-corrected chi connectivity index (χ3v) is 1.51. The molecule has 0 radical (unpaired) electrons. The van der Waals surface area contributed by atoms with Crippen molar-refractivity contribution in [3.05, 3.63) is 35.6 Å². The second kappa shape index (κ2) is 4.78. The number of aromatic nitrogens is 1. The standard InChI is InChI=1S/C9H10ClNO/c1-2-12-9(7-10)8-5-3-4-6-11-8/h3-7H,2H2,1H3. The minimum absolute atomic E-state index is 0.592. The fourth-order valence-corrected chi connectivity index (χ4v) is 1.00. The lowest BCUT2D eigenvalue weighted by Crippen LogP contribution is -1.92. The van der Waals surface area contributed by atoms with E-state index in [1.165, 1.54) is 5.54 Å². The largest absolute Gasteiger partial charge is 0.491 e. The van der Waals surface area contributed by atoms with Gasteiger partial charge in [0.05, 0.1) is 6.61 Å². The van der Waals surface area contributed by atoms with Gasteiger partial charge in [0, 0.05) is 11.7 Å². The molecule has 0 atom stereocenters. The zero-order valence-electron chi connectivity index (χ0n) is 6.83. The Balaban J connectivity index is 2.82. The molecule has 1 aromatic rings. The second-order valence-corrected chi connectivity index (χ2v) is 2.34. The van der Waals surface area contributed by atoms with Crippen molar-refractivity contribution in [1.29, 1.82) is 0 Å². The lowest BCUT2D eigenvalue weighted by atomic mass is 10.3. The first-order valence-electron chi connectivity index (χ1n) is 3.73. The summed E-state index contributed by atoms with van der Waals surface area (Å²) in [5.41, 5.74) is 2.15. The summed E-state index contributed by atoms with van der Waals surface area (Å²) < 4.78 is 5.24. The molecule has 0 aliphatic rings. The fraction of sp³-hybridized carbons (Fsp3) is 0.222. The van der Waals surface area contributed by atoms with Crippen LogP contribution in [0.4, 0.5) is 0 Å². The molecule has 2 nitrogen and oxygen atoms in total. The average Bonchev–Trinajstić information content (AvgIpc) is 2.15. The Labute approximate surface area is 76.8 Å². The molecule has 1 heterocycles. The maximum Gasteiger partial charge on any atom is 0.156 e. The van der Waals surface area contributed by atoms with Crippen LogP contribution in [0.15, 0.2) is 29.9 Å². The molecule has 0 aromatic carbocycles. The van der Waals surface area contributed by atoms with E-state index in [4.69, 9.17) is 16.3 Å². The third kappa shape index (κ3) is 2.24. The molecule has 0 bridgehead atoms. The first-order chi connectivity index (χ1) is 5.88. The van der Waals surface area contributed by atoms with E-state index >= 15 is 0 Å². The van der Waals surface area contributed by atoms with Crippen LogP contribution in [0.5, 0.6) is 0 Å². The lowest BCUT2D eigenvalue weighted by molar-refractivity contribution is 0.297. The Hall–Kier alpha value is -1.02. The van der Waals surface area contributed by atoms with Gasteiger partial charge in [-0.2, -0.15) is 0 Å². The van der Waals surface area contributed by atoms with Crippen molar-refractivity contribution in [2.24, 2.45) is 0 Å². The number of nitrogens with zero attached hydrogens (tertiary/aromatic N) is 1. The second-order valence-electron chi connectivity index (χ2n) is 2.12. The number of halogens is 1. The highest BCUT2D eigenvalue weighted by molar-refractivity contribution is 6.27. The zero-order valence-corrected chi connectivity index (χ0v) is 7.58. The number of rotatable bonds is 3. The molecule has 0 saturated carbocycles. The number of hydrogen-bond donors (Lipinski definition) is 0. The van der Waals surface area contributed by atoms with Crippen LogP contribution in [-0.4, -0.2) is 11.6 Å². The summed E-state index contributed by atoms with van der Waals surface area (Å²) in [6.45, 7) is 2.50. The Morgan fingerprint density at radius 3 is 3.00 bits per heavy atom. The topological polar surface area (TPSA) is 22.1 Å². The molecule has 1 rings (SSSR count). The summed E-state index contributed by atoms with van der Waals surface area (Å²) in [5, 5.41) is 0. The van der Waals surface area contributed by atoms with Crippen molar-refractivity contribution in [2.45, 2.75) is 6.92 Å². The normalized spacial score (nSPS) is 11.3. The minimum Gasteiger partial charge on any atom is -0.491 e. The van der Waals surface area contributed by atoms with Crippen LogP contribution >= 0.6 is 11.6 Å². The van der Waals surface area contributed by atoms with Crippen molar-refractivity contribution in [2.75, 3.05) is 6.61 Å². The summed E-state index contributed by atoms with van der Waals surface area (Å²) in [7, 11) is 0. The van der Waals surface area contributed by atoms with Crippen LogP contribution in [0.25, 0.3) is 5.76 Å². The van der Waals surface area contributed by atoms with Gasteiger partial charge < -0.3 is 4.74 Å². The molecule has 0 spiro atoms. The molecule has 1 aromatic heterocycles.